The average Bonchev–Trinajstić information content (AvgIpc) is 2.98. The molecule has 0 radical (unpaired) electrons. The minimum absolute atomic E-state index is 0.859. The van der Waals surface area contributed by atoms with Gasteiger partial charge in [0, 0.05) is 12.6 Å². The Balaban J connectivity index is 2.33. The summed E-state index contributed by atoms with van der Waals surface area (Å²) < 4.78 is 1.15. The van der Waals surface area contributed by atoms with Crippen molar-refractivity contribution in [1.82, 2.24) is 15.0 Å². The van der Waals surface area contributed by atoms with E-state index < -0.39 is 0 Å². The Morgan fingerprint density at radius 1 is 1.25 bits per heavy atom. The summed E-state index contributed by atoms with van der Waals surface area (Å²) in [7, 11) is 0. The van der Waals surface area contributed by atoms with Gasteiger partial charge < -0.3 is 0 Å². The highest BCUT2D eigenvalue weighted by Crippen LogP contribution is 2.31. The van der Waals surface area contributed by atoms with Gasteiger partial charge in [-0.3, -0.25) is 4.98 Å². The third kappa shape index (κ3) is 1.52. The van der Waals surface area contributed by atoms with Crippen molar-refractivity contribution in [3.8, 4) is 10.6 Å². The minimum atomic E-state index is 0.859. The lowest BCUT2D eigenvalue weighted by molar-refractivity contribution is 0.967. The number of thiophene rings is 1. The zero-order chi connectivity index (χ0) is 11.0. The molecule has 3 nitrogen and oxygen atoms in total. The lowest BCUT2D eigenvalue weighted by Crippen LogP contribution is -1.94. The molecule has 5 heteroatoms. The van der Waals surface area contributed by atoms with Gasteiger partial charge >= 0.3 is 0 Å². The fourth-order valence-corrected chi connectivity index (χ4v) is 3.09. The summed E-state index contributed by atoms with van der Waals surface area (Å²) in [6.45, 7) is 2.07. The van der Waals surface area contributed by atoms with E-state index in [1.165, 1.54) is 0 Å². The van der Waals surface area contributed by atoms with Crippen molar-refractivity contribution >= 4 is 32.9 Å². The zero-order valence-electron chi connectivity index (χ0n) is 8.67. The molecule has 80 valence electrons. The summed E-state index contributed by atoms with van der Waals surface area (Å²) in [6, 6.07) is 2.05. The van der Waals surface area contributed by atoms with Crippen LogP contribution in [0.2, 0.25) is 0 Å². The molecule has 0 aliphatic rings. The van der Waals surface area contributed by atoms with Crippen molar-refractivity contribution in [1.29, 1.82) is 0 Å². The summed E-state index contributed by atoms with van der Waals surface area (Å²) >= 11 is 3.30. The van der Waals surface area contributed by atoms with Gasteiger partial charge in [0.05, 0.1) is 20.6 Å². The van der Waals surface area contributed by atoms with Crippen LogP contribution in [-0.2, 0) is 6.42 Å². The highest BCUT2D eigenvalue weighted by atomic mass is 32.1. The Morgan fingerprint density at radius 3 is 2.94 bits per heavy atom. The van der Waals surface area contributed by atoms with Gasteiger partial charge in [-0.15, -0.1) is 22.7 Å². The quantitative estimate of drug-likeness (QED) is 0.697. The van der Waals surface area contributed by atoms with Crippen molar-refractivity contribution in [2.45, 2.75) is 13.3 Å². The molecule has 0 amide bonds. The Labute approximate surface area is 101 Å². The highest BCUT2D eigenvalue weighted by Gasteiger charge is 2.11. The van der Waals surface area contributed by atoms with Gasteiger partial charge in [-0.2, -0.15) is 0 Å². The van der Waals surface area contributed by atoms with Crippen LogP contribution >= 0.6 is 22.7 Å². The fraction of sp³-hybridized carbons (Fsp3) is 0.182. The molecule has 0 unspecified atom stereocenters. The third-order valence-electron chi connectivity index (χ3n) is 2.33. The number of hydrogen-bond donors (Lipinski definition) is 0. The molecule has 3 heterocycles. The predicted molar refractivity (Wildman–Crippen MR) is 67.9 cm³/mol. The van der Waals surface area contributed by atoms with E-state index in [0.29, 0.717) is 0 Å². The molecular weight excluding hydrogens is 238 g/mol. The van der Waals surface area contributed by atoms with E-state index in [1.807, 2.05) is 17.8 Å². The molecule has 0 saturated carbocycles. The number of rotatable bonds is 2. The van der Waals surface area contributed by atoms with Crippen molar-refractivity contribution in [2.24, 2.45) is 0 Å². The zero-order valence-corrected chi connectivity index (χ0v) is 10.3. The van der Waals surface area contributed by atoms with Gasteiger partial charge in [-0.05, 0) is 11.4 Å². The van der Waals surface area contributed by atoms with Crippen molar-refractivity contribution in [3.05, 3.63) is 29.0 Å². The maximum atomic E-state index is 4.60. The van der Waals surface area contributed by atoms with Crippen LogP contribution in [0, 0.1) is 0 Å². The number of hydrogen-bond acceptors (Lipinski definition) is 5. The molecule has 0 aliphatic heterocycles. The van der Waals surface area contributed by atoms with E-state index in [2.05, 4.69) is 27.3 Å². The smallest absolute Gasteiger partial charge is 0.129 e. The monoisotopic (exact) mass is 247 g/mol. The maximum absolute atomic E-state index is 4.60. The van der Waals surface area contributed by atoms with Crippen LogP contribution in [0.4, 0.5) is 0 Å². The molecule has 0 aliphatic carbocycles. The first-order chi connectivity index (χ1) is 7.88. The Bertz CT molecular complexity index is 613. The Kier molecular flexibility index (Phi) is 2.41. The molecule has 0 fully saturated rings. The number of aryl methyl sites for hydroxylation is 1. The van der Waals surface area contributed by atoms with Crippen molar-refractivity contribution < 1.29 is 0 Å². The molecule has 3 rings (SSSR count). The average molecular weight is 247 g/mol. The van der Waals surface area contributed by atoms with Crippen LogP contribution in [0.3, 0.4) is 0 Å². The summed E-state index contributed by atoms with van der Waals surface area (Å²) in [4.78, 5) is 14.3. The molecular formula is C11H9N3S2. The van der Waals surface area contributed by atoms with E-state index in [1.54, 1.807) is 22.7 Å². The summed E-state index contributed by atoms with van der Waals surface area (Å²) in [5.74, 6) is 0.898. The normalized spacial score (nSPS) is 11.1. The van der Waals surface area contributed by atoms with Crippen LogP contribution in [0.15, 0.2) is 23.2 Å². The van der Waals surface area contributed by atoms with E-state index in [9.17, 15) is 0 Å². The largest absolute Gasteiger partial charge is 0.252 e. The van der Waals surface area contributed by atoms with E-state index >= 15 is 0 Å². The highest BCUT2D eigenvalue weighted by molar-refractivity contribution is 7.18. The Morgan fingerprint density at radius 2 is 2.19 bits per heavy atom. The molecule has 0 N–H and O–H groups in total. The first-order valence-electron chi connectivity index (χ1n) is 5.01. The van der Waals surface area contributed by atoms with Crippen LogP contribution in [0.1, 0.15) is 12.7 Å². The van der Waals surface area contributed by atoms with Crippen molar-refractivity contribution in [3.63, 3.8) is 0 Å². The fourth-order valence-electron chi connectivity index (χ4n) is 1.57. The molecule has 16 heavy (non-hydrogen) atoms. The topological polar surface area (TPSA) is 38.7 Å². The lowest BCUT2D eigenvalue weighted by Gasteiger charge is -2.01. The Hall–Kier alpha value is -1.33. The van der Waals surface area contributed by atoms with Crippen LogP contribution in [0.5, 0.6) is 0 Å². The number of aromatic nitrogens is 3. The maximum Gasteiger partial charge on any atom is 0.129 e. The molecule has 3 aromatic rings. The first kappa shape index (κ1) is 9.86. The predicted octanol–water partition coefficient (Wildman–Crippen LogP) is 3.38. The summed E-state index contributed by atoms with van der Waals surface area (Å²) in [5, 5.41) is 2.06. The molecule has 0 bridgehead atoms. The van der Waals surface area contributed by atoms with Gasteiger partial charge in [0.25, 0.3) is 0 Å². The van der Waals surface area contributed by atoms with Crippen LogP contribution in [-0.4, -0.2) is 15.0 Å². The van der Waals surface area contributed by atoms with Gasteiger partial charge in [0.1, 0.15) is 11.5 Å². The summed E-state index contributed by atoms with van der Waals surface area (Å²) in [5.41, 5.74) is 3.90. The molecule has 0 aromatic carbocycles. The summed E-state index contributed by atoms with van der Waals surface area (Å²) in [6.07, 6.45) is 2.73. The number of nitrogens with zero attached hydrogens (tertiary/aromatic N) is 3. The van der Waals surface area contributed by atoms with Gasteiger partial charge in [0.15, 0.2) is 0 Å². The number of fused-ring (bicyclic) bond motifs is 1. The van der Waals surface area contributed by atoms with Crippen molar-refractivity contribution in [2.75, 3.05) is 0 Å². The van der Waals surface area contributed by atoms with E-state index in [0.717, 1.165) is 33.0 Å². The van der Waals surface area contributed by atoms with Gasteiger partial charge in [-0.25, -0.2) is 9.97 Å². The van der Waals surface area contributed by atoms with E-state index in [-0.39, 0.29) is 0 Å². The van der Waals surface area contributed by atoms with Crippen LogP contribution < -0.4 is 0 Å². The van der Waals surface area contributed by atoms with Gasteiger partial charge in [0.2, 0.25) is 0 Å². The standard InChI is InChI=1S/C11H9N3S2/c1-2-9-13-7-3-4-15-11(7)10(14-9)8-5-12-6-16-8/h3-6H,2H2,1H3. The third-order valence-corrected chi connectivity index (χ3v) is 4.02. The SMILES string of the molecule is CCc1nc(-c2cncs2)c2sccc2n1. The molecule has 0 spiro atoms. The molecule has 0 atom stereocenters. The number of thiazole rings is 1. The lowest BCUT2D eigenvalue weighted by atomic mass is 10.3. The second kappa shape index (κ2) is 3.92. The van der Waals surface area contributed by atoms with Gasteiger partial charge in [-0.1, -0.05) is 6.92 Å². The molecule has 0 saturated heterocycles. The second-order valence-electron chi connectivity index (χ2n) is 3.34. The van der Waals surface area contributed by atoms with E-state index in [4.69, 9.17) is 0 Å². The minimum Gasteiger partial charge on any atom is -0.252 e. The second-order valence-corrected chi connectivity index (χ2v) is 5.15. The molecule has 3 aromatic heterocycles. The first-order valence-corrected chi connectivity index (χ1v) is 6.77. The van der Waals surface area contributed by atoms with Crippen LogP contribution in [0.25, 0.3) is 20.8 Å².